The zero-order chi connectivity index (χ0) is 11.7. The van der Waals surface area contributed by atoms with Crippen LogP contribution in [0.3, 0.4) is 0 Å². The van der Waals surface area contributed by atoms with Gasteiger partial charge in [0, 0.05) is 31.0 Å². The number of likely N-dealkylation sites (tertiary alicyclic amines) is 1. The van der Waals surface area contributed by atoms with Crippen molar-refractivity contribution in [3.05, 3.63) is 24.0 Å². The van der Waals surface area contributed by atoms with Crippen molar-refractivity contribution in [3.8, 4) is 0 Å². The summed E-state index contributed by atoms with van der Waals surface area (Å²) in [5.41, 5.74) is 1.59. The average molecular weight is 231 g/mol. The Morgan fingerprint density at radius 2 is 2.12 bits per heavy atom. The number of amides is 1. The molecular weight excluding hydrogens is 214 g/mol. The number of pyridine rings is 1. The molecule has 0 unspecified atom stereocenters. The highest BCUT2D eigenvalue weighted by atomic mass is 16.2. The Kier molecular flexibility index (Phi) is 2.71. The van der Waals surface area contributed by atoms with Gasteiger partial charge in [-0.05, 0) is 37.8 Å². The van der Waals surface area contributed by atoms with Gasteiger partial charge < -0.3 is 10.2 Å². The van der Waals surface area contributed by atoms with Crippen molar-refractivity contribution in [1.29, 1.82) is 0 Å². The number of carbonyl (C=O) groups excluding carboxylic acids is 1. The lowest BCUT2D eigenvalue weighted by Gasteiger charge is -2.15. The van der Waals surface area contributed by atoms with Crippen molar-refractivity contribution < 1.29 is 4.79 Å². The first-order valence-corrected chi connectivity index (χ1v) is 6.35. The van der Waals surface area contributed by atoms with E-state index in [1.54, 1.807) is 6.20 Å². The van der Waals surface area contributed by atoms with E-state index >= 15 is 0 Å². The quantitative estimate of drug-likeness (QED) is 0.864. The van der Waals surface area contributed by atoms with Gasteiger partial charge in [-0.1, -0.05) is 0 Å². The molecule has 1 aliphatic heterocycles. The molecular formula is C13H17N3O. The predicted octanol–water partition coefficient (Wildman–Crippen LogP) is 1.89. The number of hydrogen-bond acceptors (Lipinski definition) is 3. The van der Waals surface area contributed by atoms with E-state index in [-0.39, 0.29) is 5.91 Å². The Labute approximate surface area is 101 Å². The van der Waals surface area contributed by atoms with Gasteiger partial charge in [-0.2, -0.15) is 0 Å². The number of nitrogens with one attached hydrogen (secondary N) is 1. The van der Waals surface area contributed by atoms with Crippen molar-refractivity contribution in [2.45, 2.75) is 31.7 Å². The van der Waals surface area contributed by atoms with Crippen LogP contribution in [0.15, 0.2) is 18.3 Å². The van der Waals surface area contributed by atoms with Gasteiger partial charge in [-0.3, -0.25) is 9.78 Å². The van der Waals surface area contributed by atoms with Crippen LogP contribution in [0.1, 0.15) is 36.2 Å². The van der Waals surface area contributed by atoms with Crippen LogP contribution in [0.25, 0.3) is 0 Å². The molecule has 1 aromatic rings. The molecule has 90 valence electrons. The maximum Gasteiger partial charge on any atom is 0.272 e. The van der Waals surface area contributed by atoms with E-state index in [0.717, 1.165) is 31.6 Å². The summed E-state index contributed by atoms with van der Waals surface area (Å²) in [5, 5.41) is 3.39. The van der Waals surface area contributed by atoms with Crippen molar-refractivity contribution in [2.24, 2.45) is 0 Å². The van der Waals surface area contributed by atoms with Crippen LogP contribution in [-0.4, -0.2) is 34.9 Å². The van der Waals surface area contributed by atoms with Gasteiger partial charge in [-0.15, -0.1) is 0 Å². The summed E-state index contributed by atoms with van der Waals surface area (Å²) in [6, 6.07) is 4.41. The van der Waals surface area contributed by atoms with E-state index in [0.29, 0.717) is 11.7 Å². The summed E-state index contributed by atoms with van der Waals surface area (Å²) in [4.78, 5) is 18.2. The molecule has 0 aromatic carbocycles. The summed E-state index contributed by atoms with van der Waals surface area (Å²) in [6.45, 7) is 1.75. The van der Waals surface area contributed by atoms with Crippen LogP contribution < -0.4 is 5.32 Å². The lowest BCUT2D eigenvalue weighted by molar-refractivity contribution is 0.0787. The minimum Gasteiger partial charge on any atom is -0.382 e. The molecule has 3 rings (SSSR count). The molecule has 2 aliphatic rings. The van der Waals surface area contributed by atoms with Gasteiger partial charge in [0.05, 0.1) is 0 Å². The Balaban J connectivity index is 1.74. The lowest BCUT2D eigenvalue weighted by atomic mass is 10.3. The third kappa shape index (κ3) is 2.40. The van der Waals surface area contributed by atoms with Crippen LogP contribution in [0.4, 0.5) is 5.69 Å². The van der Waals surface area contributed by atoms with Gasteiger partial charge in [0.2, 0.25) is 0 Å². The Morgan fingerprint density at radius 1 is 1.35 bits per heavy atom. The fourth-order valence-corrected chi connectivity index (χ4v) is 2.18. The summed E-state index contributed by atoms with van der Waals surface area (Å²) in [7, 11) is 0. The van der Waals surface area contributed by atoms with Gasteiger partial charge in [-0.25, -0.2) is 0 Å². The largest absolute Gasteiger partial charge is 0.382 e. The van der Waals surface area contributed by atoms with E-state index in [1.165, 1.54) is 12.8 Å². The molecule has 4 nitrogen and oxygen atoms in total. The van der Waals surface area contributed by atoms with E-state index in [4.69, 9.17) is 0 Å². The number of nitrogens with zero attached hydrogens (tertiary/aromatic N) is 2. The van der Waals surface area contributed by atoms with E-state index in [2.05, 4.69) is 10.3 Å². The minimum atomic E-state index is 0.0712. The van der Waals surface area contributed by atoms with Gasteiger partial charge >= 0.3 is 0 Å². The van der Waals surface area contributed by atoms with Crippen molar-refractivity contribution >= 4 is 11.6 Å². The topological polar surface area (TPSA) is 45.2 Å². The van der Waals surface area contributed by atoms with E-state index in [1.807, 2.05) is 17.0 Å². The second-order valence-corrected chi connectivity index (χ2v) is 4.85. The Hall–Kier alpha value is -1.58. The Morgan fingerprint density at radius 3 is 2.82 bits per heavy atom. The first-order valence-electron chi connectivity index (χ1n) is 6.35. The zero-order valence-corrected chi connectivity index (χ0v) is 9.85. The summed E-state index contributed by atoms with van der Waals surface area (Å²) in [5.74, 6) is 0.0712. The molecule has 0 bridgehead atoms. The molecule has 1 saturated heterocycles. The number of carbonyl (C=O) groups is 1. The second-order valence-electron chi connectivity index (χ2n) is 4.85. The molecule has 1 aromatic heterocycles. The van der Waals surface area contributed by atoms with Gasteiger partial charge in [0.1, 0.15) is 5.69 Å². The lowest BCUT2D eigenvalue weighted by Crippen LogP contribution is -2.28. The van der Waals surface area contributed by atoms with Crippen LogP contribution >= 0.6 is 0 Å². The Bertz CT molecular complexity index is 422. The van der Waals surface area contributed by atoms with Crippen LogP contribution in [0.2, 0.25) is 0 Å². The first kappa shape index (κ1) is 10.6. The standard InChI is InChI=1S/C13H17N3O/c17-13(16-7-1-2-8-16)12-9-11(5-6-14-12)15-10-3-4-10/h5-6,9-10H,1-4,7-8H2,(H,14,15). The zero-order valence-electron chi connectivity index (χ0n) is 9.85. The molecule has 1 N–H and O–H groups in total. The fraction of sp³-hybridized carbons (Fsp3) is 0.538. The van der Waals surface area contributed by atoms with Crippen molar-refractivity contribution in [1.82, 2.24) is 9.88 Å². The predicted molar refractivity (Wildman–Crippen MR) is 66.0 cm³/mol. The highest BCUT2D eigenvalue weighted by Crippen LogP contribution is 2.24. The maximum absolute atomic E-state index is 12.1. The highest BCUT2D eigenvalue weighted by Gasteiger charge is 2.23. The van der Waals surface area contributed by atoms with E-state index < -0.39 is 0 Å². The number of anilines is 1. The molecule has 2 heterocycles. The number of hydrogen-bond donors (Lipinski definition) is 1. The van der Waals surface area contributed by atoms with E-state index in [9.17, 15) is 4.79 Å². The third-order valence-corrected chi connectivity index (χ3v) is 3.32. The molecule has 1 saturated carbocycles. The SMILES string of the molecule is O=C(c1cc(NC2CC2)ccn1)N1CCCC1. The first-order chi connectivity index (χ1) is 8.33. The fourth-order valence-electron chi connectivity index (χ4n) is 2.18. The van der Waals surface area contributed by atoms with Crippen LogP contribution in [0.5, 0.6) is 0 Å². The molecule has 0 radical (unpaired) electrons. The monoisotopic (exact) mass is 231 g/mol. The molecule has 0 atom stereocenters. The van der Waals surface area contributed by atoms with Crippen LogP contribution in [-0.2, 0) is 0 Å². The summed E-state index contributed by atoms with van der Waals surface area (Å²) in [6.07, 6.45) is 6.42. The average Bonchev–Trinajstić information content (AvgIpc) is 2.99. The van der Waals surface area contributed by atoms with Gasteiger partial charge in [0.25, 0.3) is 5.91 Å². The van der Waals surface area contributed by atoms with Crippen LogP contribution in [0, 0.1) is 0 Å². The molecule has 0 spiro atoms. The highest BCUT2D eigenvalue weighted by molar-refractivity contribution is 5.93. The molecule has 1 aliphatic carbocycles. The smallest absolute Gasteiger partial charge is 0.272 e. The van der Waals surface area contributed by atoms with Crippen molar-refractivity contribution in [3.63, 3.8) is 0 Å². The molecule has 2 fully saturated rings. The number of aromatic nitrogens is 1. The number of rotatable bonds is 3. The minimum absolute atomic E-state index is 0.0712. The molecule has 17 heavy (non-hydrogen) atoms. The molecule has 4 heteroatoms. The normalized spacial score (nSPS) is 19.4. The molecule has 1 amide bonds. The summed E-state index contributed by atoms with van der Waals surface area (Å²) < 4.78 is 0. The van der Waals surface area contributed by atoms with Crippen molar-refractivity contribution in [2.75, 3.05) is 18.4 Å². The maximum atomic E-state index is 12.1. The van der Waals surface area contributed by atoms with Gasteiger partial charge in [0.15, 0.2) is 0 Å². The second kappa shape index (κ2) is 4.35. The summed E-state index contributed by atoms with van der Waals surface area (Å²) >= 11 is 0. The third-order valence-electron chi connectivity index (χ3n) is 3.32.